The normalized spacial score (nSPS) is 22.2. The highest BCUT2D eigenvalue weighted by molar-refractivity contribution is 7.89. The third-order valence-corrected chi connectivity index (χ3v) is 6.14. The SMILES string of the molecule is C=CC[C@@]1(CO)CCCN(S(=O)(=O)CCOc2ccc(F)cc2)C1. The number of halogens is 1. The third kappa shape index (κ3) is 4.78. The van der Waals surface area contributed by atoms with Crippen molar-refractivity contribution < 1.29 is 22.7 Å². The lowest BCUT2D eigenvalue weighted by atomic mass is 9.79. The minimum absolute atomic E-state index is 0.00194. The number of piperidine rings is 1. The van der Waals surface area contributed by atoms with E-state index in [4.69, 9.17) is 4.74 Å². The molecule has 1 aromatic carbocycles. The molecule has 1 aliphatic heterocycles. The molecule has 0 aromatic heterocycles. The molecule has 1 fully saturated rings. The summed E-state index contributed by atoms with van der Waals surface area (Å²) in [5.41, 5.74) is -0.440. The maximum absolute atomic E-state index is 12.8. The Hall–Kier alpha value is -1.44. The van der Waals surface area contributed by atoms with E-state index in [-0.39, 0.29) is 24.8 Å². The fourth-order valence-corrected chi connectivity index (χ4v) is 4.42. The molecule has 0 aliphatic carbocycles. The predicted octanol–water partition coefficient (Wildman–Crippen LogP) is 2.18. The van der Waals surface area contributed by atoms with Gasteiger partial charge in [-0.05, 0) is 43.5 Å². The van der Waals surface area contributed by atoms with E-state index < -0.39 is 15.4 Å². The van der Waals surface area contributed by atoms with Crippen molar-refractivity contribution in [2.45, 2.75) is 19.3 Å². The van der Waals surface area contributed by atoms with E-state index in [0.29, 0.717) is 31.7 Å². The van der Waals surface area contributed by atoms with Crippen LogP contribution in [-0.4, -0.2) is 49.9 Å². The highest BCUT2D eigenvalue weighted by atomic mass is 32.2. The molecular formula is C17H24FNO4S. The standard InChI is InChI=1S/C17H24FNO4S/c1-2-8-17(14-20)9-3-10-19(13-17)24(21,22)12-11-23-16-6-4-15(18)5-7-16/h2,4-7,20H,1,3,8-14H2/t17-/m1/s1. The van der Waals surface area contributed by atoms with Crippen molar-refractivity contribution in [1.82, 2.24) is 4.31 Å². The zero-order valence-electron chi connectivity index (χ0n) is 13.7. The molecule has 0 saturated carbocycles. The average molecular weight is 357 g/mol. The molecule has 1 heterocycles. The molecule has 0 spiro atoms. The lowest BCUT2D eigenvalue weighted by Crippen LogP contribution is -2.48. The molecule has 134 valence electrons. The predicted molar refractivity (Wildman–Crippen MR) is 90.8 cm³/mol. The molecule has 1 atom stereocenters. The summed E-state index contributed by atoms with van der Waals surface area (Å²) in [7, 11) is -3.47. The van der Waals surface area contributed by atoms with Crippen LogP contribution in [0.2, 0.25) is 0 Å². The Morgan fingerprint density at radius 2 is 2.08 bits per heavy atom. The molecule has 1 aromatic rings. The summed E-state index contributed by atoms with van der Waals surface area (Å²) in [5.74, 6) is -0.0903. The Morgan fingerprint density at radius 1 is 1.38 bits per heavy atom. The minimum Gasteiger partial charge on any atom is -0.492 e. The lowest BCUT2D eigenvalue weighted by Gasteiger charge is -2.40. The van der Waals surface area contributed by atoms with Gasteiger partial charge in [0.05, 0.1) is 12.4 Å². The minimum atomic E-state index is -3.47. The second kappa shape index (κ2) is 8.09. The van der Waals surface area contributed by atoms with Gasteiger partial charge in [0, 0.05) is 18.5 Å². The molecule has 24 heavy (non-hydrogen) atoms. The van der Waals surface area contributed by atoms with Gasteiger partial charge in [-0.2, -0.15) is 0 Å². The maximum Gasteiger partial charge on any atom is 0.217 e. The summed E-state index contributed by atoms with van der Waals surface area (Å²) in [4.78, 5) is 0. The summed E-state index contributed by atoms with van der Waals surface area (Å²) < 4.78 is 44.7. The molecule has 1 N–H and O–H groups in total. The zero-order valence-corrected chi connectivity index (χ0v) is 14.5. The van der Waals surface area contributed by atoms with Crippen LogP contribution in [0, 0.1) is 11.2 Å². The van der Waals surface area contributed by atoms with E-state index in [1.54, 1.807) is 6.08 Å². The number of nitrogens with zero attached hydrogens (tertiary/aromatic N) is 1. The molecule has 0 unspecified atom stereocenters. The van der Waals surface area contributed by atoms with Crippen LogP contribution in [0.3, 0.4) is 0 Å². The fraction of sp³-hybridized carbons (Fsp3) is 0.529. The van der Waals surface area contributed by atoms with Crippen molar-refractivity contribution in [2.24, 2.45) is 5.41 Å². The molecular weight excluding hydrogens is 333 g/mol. The smallest absolute Gasteiger partial charge is 0.217 e. The zero-order chi connectivity index (χ0) is 17.6. The van der Waals surface area contributed by atoms with Crippen LogP contribution in [0.25, 0.3) is 0 Å². The van der Waals surface area contributed by atoms with Gasteiger partial charge >= 0.3 is 0 Å². The van der Waals surface area contributed by atoms with Gasteiger partial charge in [-0.15, -0.1) is 6.58 Å². The first-order valence-corrected chi connectivity index (χ1v) is 9.60. The Balaban J connectivity index is 1.94. The first-order valence-electron chi connectivity index (χ1n) is 7.99. The quantitative estimate of drug-likeness (QED) is 0.724. The van der Waals surface area contributed by atoms with Crippen LogP contribution < -0.4 is 4.74 Å². The number of hydrogen-bond donors (Lipinski definition) is 1. The van der Waals surface area contributed by atoms with Crippen molar-refractivity contribution in [2.75, 3.05) is 32.1 Å². The van der Waals surface area contributed by atoms with Gasteiger partial charge in [-0.1, -0.05) is 6.08 Å². The Kier molecular flexibility index (Phi) is 6.37. The first-order chi connectivity index (χ1) is 11.4. The summed E-state index contributed by atoms with van der Waals surface area (Å²) in [5, 5.41) is 9.68. The van der Waals surface area contributed by atoms with Gasteiger partial charge in [0.2, 0.25) is 10.0 Å². The van der Waals surface area contributed by atoms with Gasteiger partial charge in [-0.3, -0.25) is 0 Å². The van der Waals surface area contributed by atoms with Crippen molar-refractivity contribution in [3.8, 4) is 5.75 Å². The van der Waals surface area contributed by atoms with Gasteiger partial charge in [0.15, 0.2) is 0 Å². The topological polar surface area (TPSA) is 66.8 Å². The van der Waals surface area contributed by atoms with E-state index in [2.05, 4.69) is 6.58 Å². The first kappa shape index (κ1) is 18.9. The van der Waals surface area contributed by atoms with Crippen LogP contribution in [0.1, 0.15) is 19.3 Å². The second-order valence-corrected chi connectivity index (χ2v) is 8.29. The van der Waals surface area contributed by atoms with E-state index in [0.717, 1.165) is 6.42 Å². The number of sulfonamides is 1. The maximum atomic E-state index is 12.8. The highest BCUT2D eigenvalue weighted by Gasteiger charge is 2.38. The van der Waals surface area contributed by atoms with Gasteiger partial charge in [-0.25, -0.2) is 17.1 Å². The number of benzene rings is 1. The Morgan fingerprint density at radius 3 is 2.71 bits per heavy atom. The molecule has 2 rings (SSSR count). The van der Waals surface area contributed by atoms with Gasteiger partial charge < -0.3 is 9.84 Å². The summed E-state index contributed by atoms with van der Waals surface area (Å²) in [6, 6.07) is 5.45. The number of aliphatic hydroxyl groups is 1. The number of ether oxygens (including phenoxy) is 1. The van der Waals surface area contributed by atoms with Crippen molar-refractivity contribution >= 4 is 10.0 Å². The fourth-order valence-electron chi connectivity index (χ4n) is 2.99. The summed E-state index contributed by atoms with van der Waals surface area (Å²) in [6.45, 7) is 4.39. The third-order valence-electron chi connectivity index (χ3n) is 4.36. The van der Waals surface area contributed by atoms with Crippen LogP contribution in [0.4, 0.5) is 4.39 Å². The average Bonchev–Trinajstić information content (AvgIpc) is 2.57. The molecule has 5 nitrogen and oxygen atoms in total. The van der Waals surface area contributed by atoms with Crippen LogP contribution >= 0.6 is 0 Å². The van der Waals surface area contributed by atoms with E-state index in [1.807, 2.05) is 0 Å². The number of rotatable bonds is 8. The van der Waals surface area contributed by atoms with Gasteiger partial charge in [0.25, 0.3) is 0 Å². The number of allylic oxidation sites excluding steroid dienone is 1. The van der Waals surface area contributed by atoms with Crippen molar-refractivity contribution in [3.05, 3.63) is 42.7 Å². The second-order valence-electron chi connectivity index (χ2n) is 6.21. The molecule has 0 amide bonds. The van der Waals surface area contributed by atoms with Crippen molar-refractivity contribution in [3.63, 3.8) is 0 Å². The summed E-state index contributed by atoms with van der Waals surface area (Å²) in [6.07, 6.45) is 3.81. The highest BCUT2D eigenvalue weighted by Crippen LogP contribution is 2.34. The van der Waals surface area contributed by atoms with E-state index in [9.17, 15) is 17.9 Å². The van der Waals surface area contributed by atoms with Crippen molar-refractivity contribution in [1.29, 1.82) is 0 Å². The largest absolute Gasteiger partial charge is 0.492 e. The van der Waals surface area contributed by atoms with Gasteiger partial charge in [0.1, 0.15) is 18.2 Å². The van der Waals surface area contributed by atoms with Crippen LogP contribution in [-0.2, 0) is 10.0 Å². The number of aliphatic hydroxyl groups excluding tert-OH is 1. The van der Waals surface area contributed by atoms with Crippen LogP contribution in [0.15, 0.2) is 36.9 Å². The van der Waals surface area contributed by atoms with E-state index >= 15 is 0 Å². The molecule has 1 saturated heterocycles. The molecule has 0 bridgehead atoms. The summed E-state index contributed by atoms with van der Waals surface area (Å²) >= 11 is 0. The molecule has 1 aliphatic rings. The Bertz CT molecular complexity index is 647. The molecule has 0 radical (unpaired) electrons. The molecule has 7 heteroatoms. The van der Waals surface area contributed by atoms with Crippen LogP contribution in [0.5, 0.6) is 5.75 Å². The number of hydrogen-bond acceptors (Lipinski definition) is 4. The lowest BCUT2D eigenvalue weighted by molar-refractivity contribution is 0.0668. The Labute approximate surface area is 142 Å². The van der Waals surface area contributed by atoms with E-state index in [1.165, 1.54) is 28.6 Å². The monoisotopic (exact) mass is 357 g/mol.